The van der Waals surface area contributed by atoms with Gasteiger partial charge in [0.2, 0.25) is 5.91 Å². The Morgan fingerprint density at radius 3 is 2.78 bits per heavy atom. The maximum absolute atomic E-state index is 12.3. The Bertz CT molecular complexity index is 698. The van der Waals surface area contributed by atoms with Crippen LogP contribution in [0.15, 0.2) is 24.3 Å². The minimum absolute atomic E-state index is 0.320. The molecule has 0 saturated carbocycles. The number of aromatic nitrogens is 4. The van der Waals surface area contributed by atoms with Crippen LogP contribution in [0.1, 0.15) is 19.8 Å². The van der Waals surface area contributed by atoms with Gasteiger partial charge >= 0.3 is 6.03 Å². The third-order valence-electron chi connectivity index (χ3n) is 3.22. The fourth-order valence-electron chi connectivity index (χ4n) is 2.17. The van der Waals surface area contributed by atoms with Gasteiger partial charge < -0.3 is 16.4 Å². The van der Waals surface area contributed by atoms with E-state index in [1.54, 1.807) is 25.2 Å². The number of hydrogen-bond acceptors (Lipinski definition) is 5. The minimum Gasteiger partial charge on any atom is -0.352 e. The molecule has 0 fully saturated rings. The van der Waals surface area contributed by atoms with E-state index >= 15 is 0 Å². The van der Waals surface area contributed by atoms with Crippen molar-refractivity contribution in [2.24, 2.45) is 12.8 Å². The van der Waals surface area contributed by atoms with Crippen molar-refractivity contribution < 1.29 is 9.59 Å². The normalized spacial score (nSPS) is 11.7. The molecule has 3 amide bonds. The van der Waals surface area contributed by atoms with Crippen LogP contribution in [0.5, 0.6) is 0 Å². The lowest BCUT2D eigenvalue weighted by molar-refractivity contribution is -0.118. The summed E-state index contributed by atoms with van der Waals surface area (Å²) >= 11 is 0. The molecule has 2 aromatic rings. The molecule has 23 heavy (non-hydrogen) atoms. The van der Waals surface area contributed by atoms with Gasteiger partial charge in [-0.3, -0.25) is 4.79 Å². The molecule has 1 atom stereocenters. The molecule has 1 aromatic heterocycles. The quantitative estimate of drug-likeness (QED) is 0.720. The highest BCUT2D eigenvalue weighted by molar-refractivity contribution is 5.97. The molecule has 0 aliphatic carbocycles. The summed E-state index contributed by atoms with van der Waals surface area (Å²) in [6.07, 6.45) is 1.24. The van der Waals surface area contributed by atoms with Crippen molar-refractivity contribution >= 4 is 17.6 Å². The number of amides is 3. The molecule has 9 nitrogen and oxygen atoms in total. The molecular formula is C14H19N7O2. The van der Waals surface area contributed by atoms with Crippen LogP contribution >= 0.6 is 0 Å². The zero-order valence-corrected chi connectivity index (χ0v) is 13.0. The van der Waals surface area contributed by atoms with Crippen molar-refractivity contribution in [1.82, 2.24) is 25.5 Å². The molecule has 0 saturated heterocycles. The highest BCUT2D eigenvalue weighted by atomic mass is 16.2. The van der Waals surface area contributed by atoms with Crippen LogP contribution in [0, 0.1) is 0 Å². The number of benzene rings is 1. The van der Waals surface area contributed by atoms with Gasteiger partial charge in [-0.15, -0.1) is 5.10 Å². The van der Waals surface area contributed by atoms with Crippen LogP contribution in [-0.2, 0) is 11.8 Å². The summed E-state index contributed by atoms with van der Waals surface area (Å²) < 4.78 is 1.54. The number of urea groups is 1. The van der Waals surface area contributed by atoms with E-state index in [-0.39, 0.29) is 5.91 Å². The van der Waals surface area contributed by atoms with E-state index in [2.05, 4.69) is 26.2 Å². The van der Waals surface area contributed by atoms with E-state index in [1.807, 2.05) is 13.0 Å². The van der Waals surface area contributed by atoms with Crippen molar-refractivity contribution in [2.45, 2.75) is 25.8 Å². The average molecular weight is 317 g/mol. The Morgan fingerprint density at radius 1 is 1.39 bits per heavy atom. The van der Waals surface area contributed by atoms with Crippen LogP contribution in [0.4, 0.5) is 10.5 Å². The Hall–Kier alpha value is -2.97. The molecule has 4 N–H and O–H groups in total. The first-order valence-electron chi connectivity index (χ1n) is 7.21. The molecule has 0 aliphatic rings. The molecular weight excluding hydrogens is 298 g/mol. The number of aryl methyl sites for hydroxylation is 1. The third-order valence-corrected chi connectivity index (χ3v) is 3.22. The number of nitrogens with zero attached hydrogens (tertiary/aromatic N) is 4. The van der Waals surface area contributed by atoms with Gasteiger partial charge in [-0.05, 0) is 29.0 Å². The van der Waals surface area contributed by atoms with Crippen LogP contribution in [0.2, 0.25) is 0 Å². The van der Waals surface area contributed by atoms with Gasteiger partial charge in [0, 0.05) is 18.3 Å². The number of rotatable bonds is 6. The summed E-state index contributed by atoms with van der Waals surface area (Å²) in [6, 6.07) is 5.74. The Kier molecular flexibility index (Phi) is 5.23. The van der Waals surface area contributed by atoms with Gasteiger partial charge in [-0.25, -0.2) is 9.48 Å². The van der Waals surface area contributed by atoms with E-state index < -0.39 is 12.1 Å². The van der Waals surface area contributed by atoms with Gasteiger partial charge in [-0.1, -0.05) is 25.5 Å². The first-order valence-corrected chi connectivity index (χ1v) is 7.21. The molecule has 0 radical (unpaired) electrons. The Morgan fingerprint density at radius 2 is 2.17 bits per heavy atom. The molecule has 0 spiro atoms. The number of primary amides is 1. The maximum atomic E-state index is 12.3. The van der Waals surface area contributed by atoms with Crippen molar-refractivity contribution in [3.8, 4) is 11.4 Å². The van der Waals surface area contributed by atoms with Crippen molar-refractivity contribution in [2.75, 3.05) is 5.32 Å². The predicted octanol–water partition coefficient (Wildman–Crippen LogP) is 0.653. The lowest BCUT2D eigenvalue weighted by Crippen LogP contribution is -2.46. The van der Waals surface area contributed by atoms with Gasteiger partial charge in [0.05, 0.1) is 0 Å². The largest absolute Gasteiger partial charge is 0.352 e. The smallest absolute Gasteiger partial charge is 0.312 e. The Labute approximate surface area is 133 Å². The van der Waals surface area contributed by atoms with Gasteiger partial charge in [0.25, 0.3) is 0 Å². The second-order valence-electron chi connectivity index (χ2n) is 5.05. The fraction of sp³-hybridized carbons (Fsp3) is 0.357. The lowest BCUT2D eigenvalue weighted by Gasteiger charge is -2.16. The summed E-state index contributed by atoms with van der Waals surface area (Å²) in [7, 11) is 1.73. The summed E-state index contributed by atoms with van der Waals surface area (Å²) in [4.78, 5) is 23.3. The van der Waals surface area contributed by atoms with Crippen LogP contribution < -0.4 is 16.4 Å². The van der Waals surface area contributed by atoms with E-state index in [0.29, 0.717) is 17.9 Å². The maximum Gasteiger partial charge on any atom is 0.312 e. The highest BCUT2D eigenvalue weighted by Crippen LogP contribution is 2.19. The number of nitrogens with one attached hydrogen (secondary N) is 2. The standard InChI is InChI=1S/C14H19N7O2/c1-3-5-11(17-14(15)23)13(22)16-10-7-4-6-9(8-10)12-18-19-20-21(12)2/h4,6-8,11H,3,5H2,1-2H3,(H,16,22)(H3,15,17,23)/t11-/m1/s1. The molecule has 1 aromatic carbocycles. The number of carbonyl (C=O) groups is 2. The monoisotopic (exact) mass is 317 g/mol. The highest BCUT2D eigenvalue weighted by Gasteiger charge is 2.19. The molecule has 0 aliphatic heterocycles. The molecule has 122 valence electrons. The van der Waals surface area contributed by atoms with E-state index in [0.717, 1.165) is 12.0 Å². The molecule has 9 heteroatoms. The summed E-state index contributed by atoms with van der Waals surface area (Å²) in [6.45, 7) is 1.92. The van der Waals surface area contributed by atoms with Crippen LogP contribution in [0.3, 0.4) is 0 Å². The van der Waals surface area contributed by atoms with Crippen molar-refractivity contribution in [3.63, 3.8) is 0 Å². The third kappa shape index (κ3) is 4.25. The Balaban J connectivity index is 2.14. The molecule has 0 bridgehead atoms. The van der Waals surface area contributed by atoms with E-state index in [4.69, 9.17) is 5.73 Å². The number of tetrazole rings is 1. The van der Waals surface area contributed by atoms with Crippen molar-refractivity contribution in [3.05, 3.63) is 24.3 Å². The first kappa shape index (κ1) is 16.4. The minimum atomic E-state index is -0.725. The summed E-state index contributed by atoms with van der Waals surface area (Å²) in [5.74, 6) is 0.264. The summed E-state index contributed by atoms with van der Waals surface area (Å²) in [5, 5.41) is 16.5. The lowest BCUT2D eigenvalue weighted by atomic mass is 10.1. The second kappa shape index (κ2) is 7.34. The van der Waals surface area contributed by atoms with Gasteiger partial charge in [0.15, 0.2) is 5.82 Å². The molecule has 1 heterocycles. The first-order chi connectivity index (χ1) is 11.0. The van der Waals surface area contributed by atoms with Crippen LogP contribution in [0.25, 0.3) is 11.4 Å². The zero-order chi connectivity index (χ0) is 16.8. The van der Waals surface area contributed by atoms with Crippen molar-refractivity contribution in [1.29, 1.82) is 0 Å². The SMILES string of the molecule is CCC[C@@H](NC(N)=O)C(=O)Nc1cccc(-c2nnnn2C)c1. The summed E-state index contributed by atoms with van der Waals surface area (Å²) in [5.41, 5.74) is 6.46. The second-order valence-corrected chi connectivity index (χ2v) is 5.05. The number of hydrogen-bond donors (Lipinski definition) is 3. The fourth-order valence-corrected chi connectivity index (χ4v) is 2.17. The topological polar surface area (TPSA) is 128 Å². The number of anilines is 1. The number of nitrogens with two attached hydrogens (primary N) is 1. The van der Waals surface area contributed by atoms with Gasteiger partial charge in [-0.2, -0.15) is 0 Å². The van der Waals surface area contributed by atoms with Gasteiger partial charge in [0.1, 0.15) is 6.04 Å². The molecule has 0 unspecified atom stereocenters. The average Bonchev–Trinajstić information content (AvgIpc) is 2.93. The zero-order valence-electron chi connectivity index (χ0n) is 13.0. The number of carbonyl (C=O) groups excluding carboxylic acids is 2. The van der Waals surface area contributed by atoms with Crippen LogP contribution in [-0.4, -0.2) is 38.2 Å². The van der Waals surface area contributed by atoms with E-state index in [1.165, 1.54) is 4.68 Å². The van der Waals surface area contributed by atoms with E-state index in [9.17, 15) is 9.59 Å². The molecule has 2 rings (SSSR count). The predicted molar refractivity (Wildman–Crippen MR) is 84.3 cm³/mol.